The Hall–Kier alpha value is -2.40. The predicted molar refractivity (Wildman–Crippen MR) is 137 cm³/mol. The van der Waals surface area contributed by atoms with E-state index in [1.54, 1.807) is 0 Å². The van der Waals surface area contributed by atoms with Crippen molar-refractivity contribution in [2.75, 3.05) is 18.4 Å². The van der Waals surface area contributed by atoms with Gasteiger partial charge in [-0.3, -0.25) is 9.59 Å². The second kappa shape index (κ2) is 10.3. The van der Waals surface area contributed by atoms with E-state index in [4.69, 9.17) is 0 Å². The van der Waals surface area contributed by atoms with Crippen molar-refractivity contribution in [3.05, 3.63) is 52.5 Å². The van der Waals surface area contributed by atoms with Crippen LogP contribution in [0.5, 0.6) is 0 Å². The number of nitrogens with zero attached hydrogens (tertiary/aromatic N) is 1. The van der Waals surface area contributed by atoms with Gasteiger partial charge in [-0.2, -0.15) is 0 Å². The number of benzene rings is 1. The van der Waals surface area contributed by atoms with E-state index in [0.29, 0.717) is 17.7 Å². The summed E-state index contributed by atoms with van der Waals surface area (Å²) >= 11 is 0. The van der Waals surface area contributed by atoms with E-state index < -0.39 is 0 Å². The van der Waals surface area contributed by atoms with Gasteiger partial charge in [0.25, 0.3) is 5.56 Å². The molecule has 0 bridgehead atoms. The summed E-state index contributed by atoms with van der Waals surface area (Å²) in [5.74, 6) is 0.832. The summed E-state index contributed by atoms with van der Waals surface area (Å²) in [6.45, 7) is 9.60. The van der Waals surface area contributed by atoms with Crippen molar-refractivity contribution in [3.8, 4) is 0 Å². The maximum absolute atomic E-state index is 13.2. The normalized spacial score (nSPS) is 24.0. The number of anilines is 1. The minimum atomic E-state index is 0.0242. The first kappa shape index (κ1) is 23.7. The molecule has 2 heterocycles. The molecule has 2 unspecified atom stereocenters. The third kappa shape index (κ3) is 5.75. The van der Waals surface area contributed by atoms with Crippen molar-refractivity contribution in [1.29, 1.82) is 0 Å². The van der Waals surface area contributed by atoms with Crippen LogP contribution in [0.4, 0.5) is 5.69 Å². The number of aromatic nitrogens is 1. The Morgan fingerprint density at radius 1 is 1.21 bits per heavy atom. The van der Waals surface area contributed by atoms with Crippen LogP contribution in [0.15, 0.2) is 46.9 Å². The Labute approximate surface area is 197 Å². The highest BCUT2D eigenvalue weighted by Crippen LogP contribution is 2.43. The van der Waals surface area contributed by atoms with E-state index in [0.717, 1.165) is 56.4 Å². The zero-order valence-electron chi connectivity index (χ0n) is 20.5. The molecule has 0 spiro atoms. The van der Waals surface area contributed by atoms with Crippen LogP contribution in [0.2, 0.25) is 0 Å². The van der Waals surface area contributed by atoms with Crippen molar-refractivity contribution in [1.82, 2.24) is 9.88 Å². The molecule has 5 nitrogen and oxygen atoms in total. The van der Waals surface area contributed by atoms with Gasteiger partial charge < -0.3 is 15.2 Å². The number of hydrogen-bond donors (Lipinski definition) is 2. The monoisotopic (exact) mass is 449 g/mol. The number of carbonyl (C=O) groups excluding carboxylic acids is 1. The van der Waals surface area contributed by atoms with Crippen molar-refractivity contribution in [2.45, 2.75) is 72.3 Å². The standard InChI is InChI=1S/C28H39N3O2/c1-4-11-28(3)17-20(2)15-22(18-28)16-26(32)30-25-7-5-6-24-23(25)10-14-31(27(24)33)19-21-8-12-29-13-9-21/h5-7,10,14-15,21-22,29H,4,8-9,11-13,16-19H2,1-3H3,(H,30,32). The average Bonchev–Trinajstić information content (AvgIpc) is 2.76. The van der Waals surface area contributed by atoms with Crippen LogP contribution in [0, 0.1) is 17.3 Å². The number of rotatable bonds is 7. The van der Waals surface area contributed by atoms with Crippen LogP contribution in [-0.2, 0) is 11.3 Å². The lowest BCUT2D eigenvalue weighted by molar-refractivity contribution is -0.117. The third-order valence-electron chi connectivity index (χ3n) is 7.49. The molecule has 1 amide bonds. The van der Waals surface area contributed by atoms with E-state index in [1.807, 2.05) is 35.0 Å². The molecule has 2 aromatic rings. The largest absolute Gasteiger partial charge is 0.325 e. The first-order valence-electron chi connectivity index (χ1n) is 12.7. The maximum atomic E-state index is 13.2. The fourth-order valence-corrected chi connectivity index (χ4v) is 6.18. The molecule has 0 saturated carbocycles. The van der Waals surface area contributed by atoms with Crippen LogP contribution in [0.1, 0.15) is 65.7 Å². The summed E-state index contributed by atoms with van der Waals surface area (Å²) in [6.07, 6.45) is 11.4. The Morgan fingerprint density at radius 3 is 2.76 bits per heavy atom. The molecule has 5 heteroatoms. The lowest BCUT2D eigenvalue weighted by Crippen LogP contribution is -2.32. The lowest BCUT2D eigenvalue weighted by Gasteiger charge is -2.37. The van der Waals surface area contributed by atoms with Crippen molar-refractivity contribution >= 4 is 22.4 Å². The molecule has 4 rings (SSSR count). The van der Waals surface area contributed by atoms with Crippen molar-refractivity contribution in [3.63, 3.8) is 0 Å². The zero-order valence-corrected chi connectivity index (χ0v) is 20.5. The quantitative estimate of drug-likeness (QED) is 0.549. The molecule has 1 aromatic carbocycles. The fraction of sp³-hybridized carbons (Fsp3) is 0.571. The van der Waals surface area contributed by atoms with Crippen molar-refractivity contribution < 1.29 is 4.79 Å². The Kier molecular flexibility index (Phi) is 7.38. The number of amides is 1. The molecule has 1 aliphatic heterocycles. The second-order valence-corrected chi connectivity index (χ2v) is 10.7. The van der Waals surface area contributed by atoms with Crippen molar-refractivity contribution in [2.24, 2.45) is 17.3 Å². The molecule has 2 N–H and O–H groups in total. The van der Waals surface area contributed by atoms with E-state index in [-0.39, 0.29) is 22.8 Å². The van der Waals surface area contributed by atoms with Gasteiger partial charge in [-0.15, -0.1) is 0 Å². The van der Waals surface area contributed by atoms with E-state index in [1.165, 1.54) is 18.4 Å². The highest BCUT2D eigenvalue weighted by molar-refractivity contribution is 6.01. The summed E-state index contributed by atoms with van der Waals surface area (Å²) < 4.78 is 1.84. The van der Waals surface area contributed by atoms with Gasteiger partial charge in [-0.05, 0) is 87.6 Å². The van der Waals surface area contributed by atoms with Crippen LogP contribution < -0.4 is 16.2 Å². The molecule has 33 heavy (non-hydrogen) atoms. The summed E-state index contributed by atoms with van der Waals surface area (Å²) in [7, 11) is 0. The number of hydrogen-bond acceptors (Lipinski definition) is 3. The third-order valence-corrected chi connectivity index (χ3v) is 7.49. The average molecular weight is 450 g/mol. The van der Waals surface area contributed by atoms with Gasteiger partial charge in [0.2, 0.25) is 5.91 Å². The molecule has 0 radical (unpaired) electrons. The predicted octanol–water partition coefficient (Wildman–Crippen LogP) is 5.49. The Morgan fingerprint density at radius 2 is 2.00 bits per heavy atom. The van der Waals surface area contributed by atoms with E-state index >= 15 is 0 Å². The van der Waals surface area contributed by atoms with Gasteiger partial charge in [0.15, 0.2) is 0 Å². The van der Waals surface area contributed by atoms with Crippen LogP contribution in [-0.4, -0.2) is 23.6 Å². The molecule has 1 fully saturated rings. The topological polar surface area (TPSA) is 63.1 Å². The molecule has 2 aliphatic rings. The minimum absolute atomic E-state index is 0.0242. The molecule has 2 atom stereocenters. The Bertz CT molecular complexity index is 1080. The summed E-state index contributed by atoms with van der Waals surface area (Å²) in [5, 5.41) is 7.99. The van der Waals surface area contributed by atoms with Crippen LogP contribution >= 0.6 is 0 Å². The SMILES string of the molecule is CCCC1(C)CC(C)=CC(CC(=O)Nc2cccc3c(=O)n(CC4CCNCC4)ccc23)C1. The highest BCUT2D eigenvalue weighted by Gasteiger charge is 2.31. The van der Waals surface area contributed by atoms with Crippen LogP contribution in [0.3, 0.4) is 0 Å². The fourth-order valence-electron chi connectivity index (χ4n) is 6.18. The van der Waals surface area contributed by atoms with Crippen LogP contribution in [0.25, 0.3) is 10.8 Å². The molecule has 1 saturated heterocycles. The molecule has 178 valence electrons. The molecule has 1 aliphatic carbocycles. The summed E-state index contributed by atoms with van der Waals surface area (Å²) in [6, 6.07) is 7.63. The summed E-state index contributed by atoms with van der Waals surface area (Å²) in [4.78, 5) is 26.1. The van der Waals surface area contributed by atoms with Gasteiger partial charge in [0.1, 0.15) is 0 Å². The van der Waals surface area contributed by atoms with Gasteiger partial charge in [-0.1, -0.05) is 38.0 Å². The van der Waals surface area contributed by atoms with E-state index in [9.17, 15) is 9.59 Å². The molecular weight excluding hydrogens is 410 g/mol. The number of allylic oxidation sites excluding steroid dienone is 2. The second-order valence-electron chi connectivity index (χ2n) is 10.7. The van der Waals surface area contributed by atoms with Gasteiger partial charge in [0.05, 0.1) is 0 Å². The first-order valence-corrected chi connectivity index (χ1v) is 12.7. The zero-order chi connectivity index (χ0) is 23.4. The Balaban J connectivity index is 1.48. The summed E-state index contributed by atoms with van der Waals surface area (Å²) in [5.41, 5.74) is 2.45. The van der Waals surface area contributed by atoms with Gasteiger partial charge in [0, 0.05) is 35.6 Å². The molecule has 1 aromatic heterocycles. The highest BCUT2D eigenvalue weighted by atomic mass is 16.1. The number of nitrogens with one attached hydrogen (secondary N) is 2. The van der Waals surface area contributed by atoms with E-state index in [2.05, 4.69) is 37.5 Å². The first-order chi connectivity index (χ1) is 15.9. The number of piperidine rings is 1. The van der Waals surface area contributed by atoms with Gasteiger partial charge in [-0.25, -0.2) is 0 Å². The number of fused-ring (bicyclic) bond motifs is 1. The molecular formula is C28H39N3O2. The smallest absolute Gasteiger partial charge is 0.258 e. The maximum Gasteiger partial charge on any atom is 0.258 e. The minimum Gasteiger partial charge on any atom is -0.325 e. The number of carbonyl (C=O) groups is 1. The lowest BCUT2D eigenvalue weighted by atomic mass is 9.68. The van der Waals surface area contributed by atoms with Gasteiger partial charge >= 0.3 is 0 Å². The number of pyridine rings is 1.